The lowest BCUT2D eigenvalue weighted by atomic mass is 9.80. The van der Waals surface area contributed by atoms with E-state index in [2.05, 4.69) is 9.44 Å². The molecule has 17 heteroatoms. The Hall–Kier alpha value is -3.35. The van der Waals surface area contributed by atoms with Gasteiger partial charge in [-0.2, -0.15) is 0 Å². The van der Waals surface area contributed by atoms with E-state index in [1.807, 2.05) is 45.0 Å². The number of carbonyl (C=O) groups excluding carboxylic acids is 2. The van der Waals surface area contributed by atoms with Crippen LogP contribution in [0.2, 0.25) is 0 Å². The van der Waals surface area contributed by atoms with E-state index in [9.17, 15) is 26.4 Å². The third-order valence-corrected chi connectivity index (χ3v) is 16.7. The highest BCUT2D eigenvalue weighted by atomic mass is 32.2. The Kier molecular flexibility index (Phi) is 14.9. The number of fused-ring (bicyclic) bond motifs is 5. The molecule has 4 aliphatic heterocycles. The minimum atomic E-state index is -3.77. The van der Waals surface area contributed by atoms with Crippen LogP contribution in [0.25, 0.3) is 0 Å². The zero-order chi connectivity index (χ0) is 43.5. The van der Waals surface area contributed by atoms with Crippen molar-refractivity contribution in [1.29, 1.82) is 0 Å². The molecule has 1 aliphatic carbocycles. The lowest BCUT2D eigenvalue weighted by Gasteiger charge is -2.44. The van der Waals surface area contributed by atoms with Gasteiger partial charge in [0.1, 0.15) is 5.75 Å². The van der Waals surface area contributed by atoms with Crippen LogP contribution in [0.1, 0.15) is 112 Å². The van der Waals surface area contributed by atoms with Crippen molar-refractivity contribution < 1.29 is 45.4 Å². The van der Waals surface area contributed by atoms with Crippen molar-refractivity contribution in [3.8, 4) is 11.6 Å². The summed E-state index contributed by atoms with van der Waals surface area (Å²) < 4.78 is 83.3. The number of aromatic nitrogens is 1. The number of amides is 2. The van der Waals surface area contributed by atoms with Gasteiger partial charge in [-0.25, -0.2) is 31.3 Å². The normalized spacial score (nSPS) is 26.8. The molecule has 3 fully saturated rings. The van der Waals surface area contributed by atoms with E-state index in [-0.39, 0.29) is 56.8 Å². The Morgan fingerprint density at radius 2 is 1.62 bits per heavy atom. The first-order chi connectivity index (χ1) is 28.4. The maximum absolute atomic E-state index is 14.2. The molecule has 1 aromatic heterocycles. The lowest BCUT2D eigenvalue weighted by molar-refractivity contribution is -0.141. The summed E-state index contributed by atoms with van der Waals surface area (Å²) in [5.74, 6) is 0.0297. The Balaban J connectivity index is 1.33. The van der Waals surface area contributed by atoms with Crippen molar-refractivity contribution >= 4 is 31.9 Å². The highest BCUT2D eigenvalue weighted by Crippen LogP contribution is 2.42. The first kappa shape index (κ1) is 46.2. The Morgan fingerprint density at radius 3 is 2.28 bits per heavy atom. The molecule has 2 N–H and O–H groups in total. The largest absolute Gasteiger partial charge is 0.483 e. The van der Waals surface area contributed by atoms with Crippen LogP contribution in [0.4, 0.5) is 0 Å². The molecule has 1 aromatic carbocycles. The number of piperidine rings is 2. The molecular formula is C43H65N5O10S2. The topological polar surface area (TPSA) is 183 Å². The van der Waals surface area contributed by atoms with Gasteiger partial charge in [0.25, 0.3) is 11.8 Å². The molecule has 1 saturated carbocycles. The fourth-order valence-electron chi connectivity index (χ4n) is 9.10. The predicted molar refractivity (Wildman–Crippen MR) is 228 cm³/mol. The number of hydrogen-bond donors (Lipinski definition) is 2. The summed E-state index contributed by atoms with van der Waals surface area (Å²) in [5.41, 5.74) is 4.46. The van der Waals surface area contributed by atoms with E-state index in [0.717, 1.165) is 47.9 Å². The van der Waals surface area contributed by atoms with Crippen LogP contribution in [0, 0.1) is 20.8 Å². The average molecular weight is 876 g/mol. The molecule has 2 bridgehead atoms. The minimum Gasteiger partial charge on any atom is -0.483 e. The van der Waals surface area contributed by atoms with Crippen LogP contribution in [0.3, 0.4) is 0 Å². The Morgan fingerprint density at radius 1 is 0.933 bits per heavy atom. The number of pyridine rings is 1. The van der Waals surface area contributed by atoms with Gasteiger partial charge in [0.2, 0.25) is 25.9 Å². The van der Waals surface area contributed by atoms with Crippen LogP contribution >= 0.6 is 0 Å². The van der Waals surface area contributed by atoms with Crippen molar-refractivity contribution in [2.24, 2.45) is 0 Å². The molecule has 2 amide bonds. The smallest absolute Gasteiger partial charge is 0.260 e. The van der Waals surface area contributed by atoms with E-state index < -0.39 is 60.6 Å². The summed E-state index contributed by atoms with van der Waals surface area (Å²) in [6.07, 6.45) is 4.72. The van der Waals surface area contributed by atoms with Crippen LogP contribution in [0.5, 0.6) is 11.6 Å². The standard InChI is InChI=1S/C43H65N5O10S2/c1-26(2)59(51,52)45-34-12-10-18-47-38(34)23-56-33-16-14-31(15-17-33)42-29(6)19-35(44-43(42)58-25-40(47)49)32-20-36(46-60(53,54)27(3)4)37(22-55-8)48(21-32)41(50)24-57-39-13-9-11-28(5)30(39)7/h9,11,13,19,26-27,31-34,36-38,45-46H,10,12,14-18,20-25H2,1-8H3/t31?,32?,33?,34-,36?,37-,38?/m0/s1. The van der Waals surface area contributed by atoms with Gasteiger partial charge in [0, 0.05) is 49.5 Å². The molecule has 5 aliphatic rings. The van der Waals surface area contributed by atoms with Crippen molar-refractivity contribution in [3.63, 3.8) is 0 Å². The monoisotopic (exact) mass is 875 g/mol. The summed E-state index contributed by atoms with van der Waals surface area (Å²) in [6, 6.07) is 5.36. The van der Waals surface area contributed by atoms with Gasteiger partial charge in [-0.15, -0.1) is 0 Å². The number of aryl methyl sites for hydroxylation is 2. The maximum Gasteiger partial charge on any atom is 0.260 e. The summed E-state index contributed by atoms with van der Waals surface area (Å²) >= 11 is 0. The van der Waals surface area contributed by atoms with E-state index in [1.165, 1.54) is 7.11 Å². The number of sulfonamides is 2. The fraction of sp³-hybridized carbons (Fsp3) is 0.698. The minimum absolute atomic E-state index is 0.0312. The van der Waals surface area contributed by atoms with Crippen molar-refractivity contribution in [2.45, 2.75) is 146 Å². The molecule has 2 aromatic rings. The number of nitrogens with zero attached hydrogens (tertiary/aromatic N) is 3. The molecule has 0 spiro atoms. The van der Waals surface area contributed by atoms with Crippen LogP contribution in [0.15, 0.2) is 24.3 Å². The van der Waals surface area contributed by atoms with Crippen LogP contribution in [-0.2, 0) is 39.1 Å². The molecule has 5 atom stereocenters. The second-order valence-electron chi connectivity index (χ2n) is 17.6. The van der Waals surface area contributed by atoms with Gasteiger partial charge in [0.05, 0.1) is 41.9 Å². The zero-order valence-electron chi connectivity index (χ0n) is 36.4. The number of methoxy groups -OCH3 is 1. The highest BCUT2D eigenvalue weighted by Gasteiger charge is 2.43. The SMILES string of the molecule is COC[C@H]1C(NS(=O)(=O)C(C)C)CC(c2cc(C)c3c(n2)OCC(=O)N2CCC[C@H](NS(=O)(=O)C(C)C)C2COC2CCC3CC2)CN1C(=O)COc1cccc(C)c1C. The molecule has 334 valence electrons. The molecule has 5 heterocycles. The van der Waals surface area contributed by atoms with E-state index >= 15 is 0 Å². The Labute approximate surface area is 356 Å². The number of carbonyl (C=O) groups is 2. The lowest BCUT2D eigenvalue weighted by Crippen LogP contribution is -2.61. The van der Waals surface area contributed by atoms with Crippen molar-refractivity contribution in [2.75, 3.05) is 46.6 Å². The summed E-state index contributed by atoms with van der Waals surface area (Å²) in [5, 5.41) is -1.34. The predicted octanol–water partition coefficient (Wildman–Crippen LogP) is 4.24. The zero-order valence-corrected chi connectivity index (χ0v) is 38.1. The van der Waals surface area contributed by atoms with E-state index in [4.69, 9.17) is 23.9 Å². The van der Waals surface area contributed by atoms with Gasteiger partial charge in [-0.05, 0) is 128 Å². The van der Waals surface area contributed by atoms with Gasteiger partial charge in [-0.1, -0.05) is 12.1 Å². The van der Waals surface area contributed by atoms with Gasteiger partial charge in [-0.3, -0.25) is 9.59 Å². The molecule has 7 rings (SSSR count). The Bertz CT molecular complexity index is 2070. The van der Waals surface area contributed by atoms with Gasteiger partial charge >= 0.3 is 0 Å². The first-order valence-corrected chi connectivity index (χ1v) is 24.5. The van der Waals surface area contributed by atoms with E-state index in [0.29, 0.717) is 43.1 Å². The molecule has 0 radical (unpaired) electrons. The first-order valence-electron chi connectivity index (χ1n) is 21.4. The van der Waals surface area contributed by atoms with Crippen molar-refractivity contribution in [3.05, 3.63) is 52.2 Å². The second kappa shape index (κ2) is 19.4. The average Bonchev–Trinajstić information content (AvgIpc) is 3.21. The molecule has 60 heavy (non-hydrogen) atoms. The number of likely N-dealkylation sites (tertiary alicyclic amines) is 1. The van der Waals surface area contributed by atoms with Crippen molar-refractivity contribution in [1.82, 2.24) is 24.2 Å². The summed E-state index contributed by atoms with van der Waals surface area (Å²) in [7, 11) is -5.85. The quantitative estimate of drug-likeness (QED) is 0.311. The number of hydrogen-bond acceptors (Lipinski definition) is 11. The van der Waals surface area contributed by atoms with Gasteiger partial charge < -0.3 is 28.7 Å². The molecule has 3 unspecified atom stereocenters. The van der Waals surface area contributed by atoms with Gasteiger partial charge in [0.15, 0.2) is 13.2 Å². The number of ether oxygens (including phenoxy) is 4. The second-order valence-corrected chi connectivity index (χ2v) is 22.1. The van der Waals surface area contributed by atoms with Crippen LogP contribution < -0.4 is 18.9 Å². The van der Waals surface area contributed by atoms with Crippen LogP contribution in [-0.4, -0.2) is 131 Å². The fourth-order valence-corrected chi connectivity index (χ4v) is 11.0. The summed E-state index contributed by atoms with van der Waals surface area (Å²) in [4.78, 5) is 36.8. The molecular weight excluding hydrogens is 811 g/mol. The van der Waals surface area contributed by atoms with E-state index in [1.54, 1.807) is 37.5 Å². The highest BCUT2D eigenvalue weighted by molar-refractivity contribution is 7.90. The number of rotatable bonds is 12. The number of benzene rings is 1. The number of nitrogens with one attached hydrogen (secondary N) is 2. The molecule has 2 saturated heterocycles. The third-order valence-electron chi connectivity index (χ3n) is 12.9. The molecule has 15 nitrogen and oxygen atoms in total. The third kappa shape index (κ3) is 10.5. The summed E-state index contributed by atoms with van der Waals surface area (Å²) in [6.45, 7) is 12.8. The maximum atomic E-state index is 14.2.